The Bertz CT molecular complexity index is 740. The highest BCUT2D eigenvalue weighted by atomic mass is 127. The van der Waals surface area contributed by atoms with Gasteiger partial charge in [-0.3, -0.25) is 4.79 Å². The molecule has 2 amide bonds. The molecule has 6 heteroatoms. The van der Waals surface area contributed by atoms with Crippen molar-refractivity contribution in [3.05, 3.63) is 62.7 Å². The van der Waals surface area contributed by atoms with Gasteiger partial charge in [-0.15, -0.1) is 0 Å². The monoisotopic (exact) mass is 452 g/mol. The van der Waals surface area contributed by atoms with E-state index < -0.39 is 6.09 Å². The first-order valence-electron chi connectivity index (χ1n) is 7.85. The van der Waals surface area contributed by atoms with Crippen LogP contribution in [0.2, 0.25) is 0 Å². The summed E-state index contributed by atoms with van der Waals surface area (Å²) in [6.07, 6.45) is -0.532. The van der Waals surface area contributed by atoms with Gasteiger partial charge in [-0.1, -0.05) is 30.3 Å². The summed E-state index contributed by atoms with van der Waals surface area (Å²) in [5, 5.41) is 2.87. The largest absolute Gasteiger partial charge is 0.445 e. The molecular formula is C19H21IN2O3. The van der Waals surface area contributed by atoms with Crippen molar-refractivity contribution >= 4 is 40.3 Å². The van der Waals surface area contributed by atoms with Crippen molar-refractivity contribution in [3.63, 3.8) is 0 Å². The molecule has 0 bridgehead atoms. The number of hydrogen-bond donors (Lipinski definition) is 1. The first-order chi connectivity index (χ1) is 11.9. The molecule has 1 N–H and O–H groups in total. The van der Waals surface area contributed by atoms with E-state index in [1.807, 2.05) is 56.3 Å². The maximum absolute atomic E-state index is 12.2. The predicted molar refractivity (Wildman–Crippen MR) is 107 cm³/mol. The molecule has 0 aromatic heterocycles. The number of hydrogen-bond acceptors (Lipinski definition) is 3. The third kappa shape index (κ3) is 5.74. The van der Waals surface area contributed by atoms with Gasteiger partial charge in [0.25, 0.3) is 0 Å². The molecule has 0 aliphatic rings. The number of nitrogens with zero attached hydrogens (tertiary/aromatic N) is 1. The van der Waals surface area contributed by atoms with Gasteiger partial charge in [0, 0.05) is 16.3 Å². The van der Waals surface area contributed by atoms with Gasteiger partial charge in [0.2, 0.25) is 5.91 Å². The van der Waals surface area contributed by atoms with Crippen LogP contribution in [-0.4, -0.2) is 30.5 Å². The Labute approximate surface area is 161 Å². The number of nitrogens with one attached hydrogen (secondary N) is 1. The van der Waals surface area contributed by atoms with Crippen molar-refractivity contribution in [3.8, 4) is 0 Å². The number of benzene rings is 2. The molecule has 0 saturated carbocycles. The Morgan fingerprint density at radius 3 is 2.32 bits per heavy atom. The number of carbonyl (C=O) groups excluding carboxylic acids is 2. The average Bonchev–Trinajstić information content (AvgIpc) is 2.56. The molecule has 0 heterocycles. The molecule has 0 atom stereocenters. The molecule has 25 heavy (non-hydrogen) atoms. The summed E-state index contributed by atoms with van der Waals surface area (Å²) in [4.78, 5) is 25.5. The van der Waals surface area contributed by atoms with E-state index >= 15 is 0 Å². The number of rotatable bonds is 5. The fraction of sp³-hybridized carbons (Fsp3) is 0.263. The van der Waals surface area contributed by atoms with Crippen LogP contribution in [0, 0.1) is 17.4 Å². The maximum Gasteiger partial charge on any atom is 0.410 e. The number of aryl methyl sites for hydroxylation is 2. The zero-order valence-corrected chi connectivity index (χ0v) is 16.7. The first-order valence-corrected chi connectivity index (χ1v) is 8.93. The van der Waals surface area contributed by atoms with Crippen LogP contribution in [0.15, 0.2) is 42.5 Å². The minimum absolute atomic E-state index is 0.0709. The molecule has 0 spiro atoms. The lowest BCUT2D eigenvalue weighted by atomic mass is 10.1. The Morgan fingerprint density at radius 2 is 1.72 bits per heavy atom. The van der Waals surface area contributed by atoms with Gasteiger partial charge >= 0.3 is 6.09 Å². The molecule has 0 fully saturated rings. The SMILES string of the molecule is Cc1cc(I)cc(C)c1NC(=O)CN(C)C(=O)OCc1ccccc1. The van der Waals surface area contributed by atoms with Crippen LogP contribution >= 0.6 is 22.6 Å². The minimum atomic E-state index is -0.532. The Kier molecular flexibility index (Phi) is 6.81. The van der Waals surface area contributed by atoms with Crippen molar-refractivity contribution in [2.75, 3.05) is 18.9 Å². The molecule has 5 nitrogen and oxygen atoms in total. The molecule has 2 aromatic rings. The summed E-state index contributed by atoms with van der Waals surface area (Å²) < 4.78 is 6.33. The van der Waals surface area contributed by atoms with Gasteiger partial charge in [0.1, 0.15) is 13.2 Å². The van der Waals surface area contributed by atoms with Crippen LogP contribution in [0.25, 0.3) is 0 Å². The highest BCUT2D eigenvalue weighted by Gasteiger charge is 2.16. The van der Waals surface area contributed by atoms with Crippen molar-refractivity contribution in [1.29, 1.82) is 0 Å². The predicted octanol–water partition coefficient (Wildman–Crippen LogP) is 4.12. The molecule has 0 unspecified atom stereocenters. The third-order valence-corrected chi connectivity index (χ3v) is 4.28. The Balaban J connectivity index is 1.88. The fourth-order valence-electron chi connectivity index (χ4n) is 2.40. The molecule has 0 saturated heterocycles. The van der Waals surface area contributed by atoms with Gasteiger partial charge in [0.05, 0.1) is 0 Å². The van der Waals surface area contributed by atoms with E-state index in [9.17, 15) is 9.59 Å². The minimum Gasteiger partial charge on any atom is -0.445 e. The van der Waals surface area contributed by atoms with Crippen LogP contribution in [0.3, 0.4) is 0 Å². The second-order valence-electron chi connectivity index (χ2n) is 5.86. The summed E-state index contributed by atoms with van der Waals surface area (Å²) >= 11 is 2.24. The number of ether oxygens (including phenoxy) is 1. The number of carbonyl (C=O) groups is 2. The molecule has 0 aliphatic heterocycles. The molecular weight excluding hydrogens is 431 g/mol. The second-order valence-corrected chi connectivity index (χ2v) is 7.10. The van der Waals surface area contributed by atoms with Crippen LogP contribution < -0.4 is 5.32 Å². The molecule has 132 valence electrons. The van der Waals surface area contributed by atoms with Crippen LogP contribution in [0.4, 0.5) is 10.5 Å². The van der Waals surface area contributed by atoms with E-state index in [1.54, 1.807) is 7.05 Å². The summed E-state index contributed by atoms with van der Waals surface area (Å²) in [6.45, 7) is 4.00. The van der Waals surface area contributed by atoms with E-state index in [0.717, 1.165) is 25.9 Å². The molecule has 0 radical (unpaired) electrons. The van der Waals surface area contributed by atoms with Crippen molar-refractivity contribution < 1.29 is 14.3 Å². The molecule has 2 aromatic carbocycles. The van der Waals surface area contributed by atoms with Gasteiger partial charge < -0.3 is 15.0 Å². The number of amides is 2. The highest BCUT2D eigenvalue weighted by Crippen LogP contribution is 2.23. The number of halogens is 1. The molecule has 0 aliphatic carbocycles. The standard InChI is InChI=1S/C19H21IN2O3/c1-13-9-16(20)10-14(2)18(13)21-17(23)11-22(3)19(24)25-12-15-7-5-4-6-8-15/h4-10H,11-12H2,1-3H3,(H,21,23). The Hall–Kier alpha value is -2.09. The topological polar surface area (TPSA) is 58.6 Å². The summed E-state index contributed by atoms with van der Waals surface area (Å²) in [5.74, 6) is -0.258. The lowest BCUT2D eigenvalue weighted by Gasteiger charge is -2.18. The van der Waals surface area contributed by atoms with Crippen molar-refractivity contribution in [1.82, 2.24) is 4.90 Å². The highest BCUT2D eigenvalue weighted by molar-refractivity contribution is 14.1. The van der Waals surface area contributed by atoms with E-state index in [1.165, 1.54) is 4.90 Å². The van der Waals surface area contributed by atoms with Gasteiger partial charge in [-0.25, -0.2) is 4.79 Å². The van der Waals surface area contributed by atoms with Crippen molar-refractivity contribution in [2.45, 2.75) is 20.5 Å². The van der Waals surface area contributed by atoms with E-state index in [0.29, 0.717) is 0 Å². The maximum atomic E-state index is 12.2. The summed E-state index contributed by atoms with van der Waals surface area (Å²) in [6, 6.07) is 13.4. The normalized spacial score (nSPS) is 10.2. The smallest absolute Gasteiger partial charge is 0.410 e. The van der Waals surface area contributed by atoms with E-state index in [4.69, 9.17) is 4.74 Å². The van der Waals surface area contributed by atoms with Crippen LogP contribution in [0.1, 0.15) is 16.7 Å². The first kappa shape index (κ1) is 19.2. The Morgan fingerprint density at radius 1 is 1.12 bits per heavy atom. The van der Waals surface area contributed by atoms with E-state index in [2.05, 4.69) is 27.9 Å². The lowest BCUT2D eigenvalue weighted by molar-refractivity contribution is -0.116. The zero-order valence-electron chi connectivity index (χ0n) is 14.5. The number of likely N-dealkylation sites (N-methyl/N-ethyl adjacent to an activating group) is 1. The number of anilines is 1. The second kappa shape index (κ2) is 8.84. The van der Waals surface area contributed by atoms with Gasteiger partial charge in [-0.2, -0.15) is 0 Å². The summed E-state index contributed by atoms with van der Waals surface area (Å²) in [5.41, 5.74) is 3.68. The van der Waals surface area contributed by atoms with Crippen LogP contribution in [0.5, 0.6) is 0 Å². The average molecular weight is 452 g/mol. The fourth-order valence-corrected chi connectivity index (χ4v) is 3.33. The van der Waals surface area contributed by atoms with Crippen LogP contribution in [-0.2, 0) is 16.1 Å². The quantitative estimate of drug-likeness (QED) is 0.695. The third-order valence-electron chi connectivity index (χ3n) is 3.66. The van der Waals surface area contributed by atoms with Gasteiger partial charge in [0.15, 0.2) is 0 Å². The zero-order chi connectivity index (χ0) is 18.4. The summed E-state index contributed by atoms with van der Waals surface area (Å²) in [7, 11) is 1.54. The van der Waals surface area contributed by atoms with Crippen molar-refractivity contribution in [2.24, 2.45) is 0 Å². The van der Waals surface area contributed by atoms with E-state index in [-0.39, 0.29) is 19.1 Å². The van der Waals surface area contributed by atoms with Gasteiger partial charge in [-0.05, 0) is 65.3 Å². The lowest BCUT2D eigenvalue weighted by Crippen LogP contribution is -2.35. The molecule has 2 rings (SSSR count).